The standard InChI is InChI=1S/C28H32O9S.Na.H/c1-26-14-21(31)24-19(20(26)10-11-28(26,34)22(32)15-29)9-8-17-12-18(30)13-23(27(17,24)2)37-38(35,36)25(33)16-6-4-3-5-7-16;;/h3-7,12-13,19-21,24,29,31,34H,8-11,14-15H2,1-2H3;;/q;+1;-1/t19-,20-,21-,24+,26-,27+,28-;;/m0../s1. The van der Waals surface area contributed by atoms with Crippen LogP contribution < -0.4 is 29.6 Å². The molecule has 9 nitrogen and oxygen atoms in total. The third-order valence-corrected chi connectivity index (χ3v) is 10.9. The van der Waals surface area contributed by atoms with Crippen molar-refractivity contribution < 1.29 is 73.3 Å². The molecule has 5 rings (SSSR count). The van der Waals surface area contributed by atoms with E-state index in [2.05, 4.69) is 0 Å². The van der Waals surface area contributed by atoms with Gasteiger partial charge in [0.05, 0.1) is 11.5 Å². The molecule has 11 heteroatoms. The molecule has 0 amide bonds. The second-order valence-electron chi connectivity index (χ2n) is 11.5. The molecular formula is C28H33NaO9S. The average Bonchev–Trinajstić information content (AvgIpc) is 3.14. The molecular weight excluding hydrogens is 535 g/mol. The summed E-state index contributed by atoms with van der Waals surface area (Å²) < 4.78 is 31.6. The van der Waals surface area contributed by atoms with Crippen molar-refractivity contribution in [2.45, 2.75) is 57.7 Å². The molecule has 3 saturated carbocycles. The molecule has 0 saturated heterocycles. The third-order valence-electron chi connectivity index (χ3n) is 9.83. The maximum Gasteiger partial charge on any atom is 1.00 e. The number of aliphatic hydroxyl groups excluding tert-OH is 2. The topological polar surface area (TPSA) is 155 Å². The summed E-state index contributed by atoms with van der Waals surface area (Å²) in [6.07, 6.45) is 3.09. The first kappa shape index (κ1) is 30.3. The van der Waals surface area contributed by atoms with Gasteiger partial charge in [-0.25, -0.2) is 0 Å². The number of benzene rings is 1. The Hall–Kier alpha value is -1.66. The summed E-state index contributed by atoms with van der Waals surface area (Å²) in [7, 11) is -4.82. The SMILES string of the molecule is C[C@@]12C(=CC(=O)C=C1OS(=O)(=O)C(=O)c1ccccc1)CC[C@@H]1[C@@H]2[C@@H](O)C[C@@]2(C)[C@H]1CC[C@]2(O)C(=O)CO.[H-].[Na+]. The van der Waals surface area contributed by atoms with E-state index >= 15 is 0 Å². The number of Topliss-reactive ketones (excluding diaryl/α,β-unsaturated/α-hetero) is 1. The van der Waals surface area contributed by atoms with Crippen molar-refractivity contribution in [2.75, 3.05) is 6.61 Å². The van der Waals surface area contributed by atoms with Gasteiger partial charge >= 0.3 is 44.8 Å². The van der Waals surface area contributed by atoms with Crippen LogP contribution in [0.3, 0.4) is 0 Å². The predicted molar refractivity (Wildman–Crippen MR) is 136 cm³/mol. The molecule has 1 aromatic carbocycles. The van der Waals surface area contributed by atoms with Crippen molar-refractivity contribution in [3.05, 3.63) is 59.4 Å². The van der Waals surface area contributed by atoms with E-state index in [1.807, 2.05) is 0 Å². The number of allylic oxidation sites excluding steroid dienone is 3. The number of hydrogen-bond donors (Lipinski definition) is 3. The summed E-state index contributed by atoms with van der Waals surface area (Å²) in [6.45, 7) is 2.69. The Morgan fingerprint density at radius 2 is 1.79 bits per heavy atom. The molecule has 4 aliphatic rings. The number of carbonyl (C=O) groups is 3. The van der Waals surface area contributed by atoms with Crippen LogP contribution in [-0.4, -0.2) is 58.7 Å². The van der Waals surface area contributed by atoms with Gasteiger partial charge in [-0.2, -0.15) is 8.42 Å². The van der Waals surface area contributed by atoms with Crippen molar-refractivity contribution in [1.82, 2.24) is 0 Å². The van der Waals surface area contributed by atoms with Crippen LogP contribution >= 0.6 is 0 Å². The quantitative estimate of drug-likeness (QED) is 0.306. The van der Waals surface area contributed by atoms with E-state index in [4.69, 9.17) is 4.18 Å². The Morgan fingerprint density at radius 1 is 1.13 bits per heavy atom. The van der Waals surface area contributed by atoms with Crippen molar-refractivity contribution in [1.29, 1.82) is 0 Å². The summed E-state index contributed by atoms with van der Waals surface area (Å²) in [4.78, 5) is 38.0. The van der Waals surface area contributed by atoms with Crippen LogP contribution in [0.5, 0.6) is 0 Å². The fraction of sp³-hybridized carbons (Fsp3) is 0.536. The van der Waals surface area contributed by atoms with Crippen molar-refractivity contribution in [2.24, 2.45) is 28.6 Å². The number of ketones is 2. The maximum absolute atomic E-state index is 13.1. The Morgan fingerprint density at radius 3 is 2.44 bits per heavy atom. The zero-order valence-corrected chi connectivity index (χ0v) is 25.1. The molecule has 39 heavy (non-hydrogen) atoms. The molecule has 0 unspecified atom stereocenters. The minimum atomic E-state index is -4.82. The molecule has 3 N–H and O–H groups in total. The van der Waals surface area contributed by atoms with Gasteiger partial charge in [-0.15, -0.1) is 0 Å². The number of fused-ring (bicyclic) bond motifs is 5. The van der Waals surface area contributed by atoms with E-state index in [1.165, 1.54) is 30.3 Å². The fourth-order valence-electron chi connectivity index (χ4n) is 7.98. The molecule has 206 valence electrons. The van der Waals surface area contributed by atoms with Crippen LogP contribution in [0.15, 0.2) is 53.8 Å². The minimum Gasteiger partial charge on any atom is -1.00 e. The number of carbonyl (C=O) groups excluding carboxylic acids is 3. The van der Waals surface area contributed by atoms with E-state index in [9.17, 15) is 38.1 Å². The van der Waals surface area contributed by atoms with E-state index < -0.39 is 61.9 Å². The van der Waals surface area contributed by atoms with Crippen LogP contribution in [0.1, 0.15) is 57.7 Å². The Balaban J connectivity index is 0.00000220. The zero-order valence-electron chi connectivity index (χ0n) is 23.3. The monoisotopic (exact) mass is 568 g/mol. The van der Waals surface area contributed by atoms with Crippen LogP contribution in [0.4, 0.5) is 0 Å². The molecule has 0 heterocycles. The minimum absolute atomic E-state index is 0. The van der Waals surface area contributed by atoms with E-state index in [-0.39, 0.29) is 67.0 Å². The number of aliphatic hydroxyl groups is 3. The van der Waals surface area contributed by atoms with Crippen molar-refractivity contribution in [3.63, 3.8) is 0 Å². The van der Waals surface area contributed by atoms with Gasteiger partial charge < -0.3 is 20.9 Å². The fourth-order valence-corrected chi connectivity index (χ4v) is 8.94. The molecule has 0 bridgehead atoms. The van der Waals surface area contributed by atoms with Crippen molar-refractivity contribution in [3.8, 4) is 0 Å². The van der Waals surface area contributed by atoms with Gasteiger partial charge in [0, 0.05) is 23.0 Å². The summed E-state index contributed by atoms with van der Waals surface area (Å²) in [6, 6.07) is 7.41. The summed E-state index contributed by atoms with van der Waals surface area (Å²) in [5, 5.41) is 31.3. The average molecular weight is 569 g/mol. The van der Waals surface area contributed by atoms with E-state index in [1.54, 1.807) is 19.9 Å². The number of hydrogen-bond acceptors (Lipinski definition) is 9. The van der Waals surface area contributed by atoms with Gasteiger partial charge in [0.2, 0.25) is 0 Å². The Bertz CT molecular complexity index is 1380. The van der Waals surface area contributed by atoms with Gasteiger partial charge in [-0.3, -0.25) is 14.4 Å². The van der Waals surface area contributed by atoms with E-state index in [0.29, 0.717) is 24.8 Å². The first-order valence-corrected chi connectivity index (χ1v) is 14.3. The van der Waals surface area contributed by atoms with Gasteiger partial charge in [-0.05, 0) is 56.9 Å². The molecule has 0 radical (unpaired) electrons. The molecule has 1 aromatic rings. The molecule has 0 spiro atoms. The Kier molecular flexibility index (Phi) is 8.01. The zero-order chi connectivity index (χ0) is 27.7. The van der Waals surface area contributed by atoms with Crippen LogP contribution in [0.25, 0.3) is 0 Å². The Labute approximate surface area is 251 Å². The van der Waals surface area contributed by atoms with Gasteiger partial charge in [-0.1, -0.05) is 42.8 Å². The normalized spacial score (nSPS) is 37.3. The van der Waals surface area contributed by atoms with Crippen LogP contribution in [-0.2, 0) is 23.9 Å². The predicted octanol–water partition coefficient (Wildman–Crippen LogP) is -0.811. The van der Waals surface area contributed by atoms with Crippen LogP contribution in [0, 0.1) is 28.6 Å². The van der Waals surface area contributed by atoms with Gasteiger partial charge in [0.1, 0.15) is 18.0 Å². The van der Waals surface area contributed by atoms with Gasteiger partial charge in [0.25, 0.3) is 0 Å². The molecule has 3 fully saturated rings. The second kappa shape index (κ2) is 10.3. The summed E-state index contributed by atoms with van der Waals surface area (Å²) in [5.74, 6) is -2.37. The maximum atomic E-state index is 13.1. The largest absolute Gasteiger partial charge is 1.00 e. The molecule has 0 aromatic heterocycles. The van der Waals surface area contributed by atoms with E-state index in [0.717, 1.165) is 6.08 Å². The number of rotatable bonds is 5. The van der Waals surface area contributed by atoms with Crippen molar-refractivity contribution >= 4 is 26.8 Å². The molecule has 0 aliphatic heterocycles. The summed E-state index contributed by atoms with van der Waals surface area (Å²) in [5.41, 5.74) is -3.44. The first-order valence-electron chi connectivity index (χ1n) is 12.9. The first-order chi connectivity index (χ1) is 17.8. The smallest absolute Gasteiger partial charge is 1.00 e. The second-order valence-corrected chi connectivity index (χ2v) is 12.9. The summed E-state index contributed by atoms with van der Waals surface area (Å²) >= 11 is 0. The molecule has 7 atom stereocenters. The van der Waals surface area contributed by atoms with Crippen LogP contribution in [0.2, 0.25) is 0 Å². The third kappa shape index (κ3) is 4.43. The van der Waals surface area contributed by atoms with Gasteiger partial charge in [0.15, 0.2) is 11.6 Å². The molecule has 4 aliphatic carbocycles.